The number of nitrogens with two attached hydrogens (primary N) is 2. The molecule has 0 aromatic carbocycles. The average Bonchev–Trinajstić information content (AvgIpc) is 2.22. The van der Waals surface area contributed by atoms with Crippen molar-refractivity contribution in [1.82, 2.24) is 5.32 Å². The molecule has 0 saturated heterocycles. The van der Waals surface area contributed by atoms with Crippen molar-refractivity contribution in [2.75, 3.05) is 6.54 Å². The summed E-state index contributed by atoms with van der Waals surface area (Å²) < 4.78 is 0. The van der Waals surface area contributed by atoms with E-state index in [1.54, 1.807) is 6.92 Å². The third kappa shape index (κ3) is 8.68. The van der Waals surface area contributed by atoms with Gasteiger partial charge in [0, 0.05) is 18.9 Å². The first-order chi connectivity index (χ1) is 7.99. The molecule has 0 fully saturated rings. The molecule has 0 spiro atoms. The summed E-state index contributed by atoms with van der Waals surface area (Å²) in [6.45, 7) is 4.55. The lowest BCUT2D eigenvalue weighted by atomic mass is 9.96. The maximum absolute atomic E-state index is 11.6. The van der Waals surface area contributed by atoms with E-state index in [0.29, 0.717) is 18.9 Å². The fourth-order valence-corrected chi connectivity index (χ4v) is 1.82. The van der Waals surface area contributed by atoms with E-state index in [2.05, 4.69) is 12.2 Å². The molecular formula is C12H25N3O2. The molecule has 5 N–H and O–H groups in total. The van der Waals surface area contributed by atoms with Crippen LogP contribution < -0.4 is 16.8 Å². The van der Waals surface area contributed by atoms with E-state index in [-0.39, 0.29) is 18.4 Å². The fraction of sp³-hybridized carbons (Fsp3) is 0.833. The number of hydrogen-bond acceptors (Lipinski definition) is 3. The standard InChI is InChI=1S/C12H25N3O2/c1-3-10(6-7-13)4-5-12(17)15-9(2)8-11(14)16/h9-10H,3-8,13H2,1-2H3,(H2,14,16)(H,15,17). The second-order valence-electron chi connectivity index (χ2n) is 4.53. The summed E-state index contributed by atoms with van der Waals surface area (Å²) in [5, 5.41) is 2.76. The summed E-state index contributed by atoms with van der Waals surface area (Å²) in [4.78, 5) is 22.2. The van der Waals surface area contributed by atoms with Crippen molar-refractivity contribution >= 4 is 11.8 Å². The van der Waals surface area contributed by atoms with Crippen LogP contribution in [0.25, 0.3) is 0 Å². The van der Waals surface area contributed by atoms with Crippen LogP contribution in [0, 0.1) is 5.92 Å². The molecule has 100 valence electrons. The van der Waals surface area contributed by atoms with Gasteiger partial charge in [0.2, 0.25) is 11.8 Å². The Morgan fingerprint density at radius 3 is 2.41 bits per heavy atom. The van der Waals surface area contributed by atoms with Gasteiger partial charge in [-0.25, -0.2) is 0 Å². The fourth-order valence-electron chi connectivity index (χ4n) is 1.82. The van der Waals surface area contributed by atoms with Crippen LogP contribution in [0.2, 0.25) is 0 Å². The molecule has 17 heavy (non-hydrogen) atoms. The lowest BCUT2D eigenvalue weighted by molar-refractivity contribution is -0.122. The Bertz CT molecular complexity index is 244. The number of amides is 2. The molecule has 0 saturated carbocycles. The number of hydrogen-bond donors (Lipinski definition) is 3. The molecular weight excluding hydrogens is 218 g/mol. The molecule has 0 rings (SSSR count). The molecule has 2 unspecified atom stereocenters. The van der Waals surface area contributed by atoms with Crippen molar-refractivity contribution in [1.29, 1.82) is 0 Å². The van der Waals surface area contributed by atoms with Gasteiger partial charge >= 0.3 is 0 Å². The van der Waals surface area contributed by atoms with Crippen LogP contribution in [0.15, 0.2) is 0 Å². The molecule has 2 atom stereocenters. The molecule has 0 aliphatic carbocycles. The van der Waals surface area contributed by atoms with Gasteiger partial charge in [-0.1, -0.05) is 13.3 Å². The maximum Gasteiger partial charge on any atom is 0.220 e. The Balaban J connectivity index is 3.81. The molecule has 0 bridgehead atoms. The van der Waals surface area contributed by atoms with Gasteiger partial charge in [-0.05, 0) is 32.2 Å². The Morgan fingerprint density at radius 1 is 1.29 bits per heavy atom. The molecule has 5 nitrogen and oxygen atoms in total. The summed E-state index contributed by atoms with van der Waals surface area (Å²) in [5.74, 6) is 0.0961. The Hall–Kier alpha value is -1.10. The van der Waals surface area contributed by atoms with Crippen LogP contribution in [0.4, 0.5) is 0 Å². The predicted octanol–water partition coefficient (Wildman–Crippen LogP) is 0.522. The molecule has 0 aromatic heterocycles. The molecule has 0 radical (unpaired) electrons. The zero-order valence-electron chi connectivity index (χ0n) is 10.9. The van der Waals surface area contributed by atoms with Crippen molar-refractivity contribution in [3.8, 4) is 0 Å². The lowest BCUT2D eigenvalue weighted by Crippen LogP contribution is -2.35. The van der Waals surface area contributed by atoms with Crippen LogP contribution in [0.1, 0.15) is 46.0 Å². The highest BCUT2D eigenvalue weighted by Crippen LogP contribution is 2.14. The minimum atomic E-state index is -0.396. The summed E-state index contributed by atoms with van der Waals surface area (Å²) in [6, 6.07) is -0.186. The van der Waals surface area contributed by atoms with E-state index in [1.807, 2.05) is 0 Å². The van der Waals surface area contributed by atoms with Crippen molar-refractivity contribution in [3.63, 3.8) is 0 Å². The second-order valence-corrected chi connectivity index (χ2v) is 4.53. The summed E-state index contributed by atoms with van der Waals surface area (Å²) in [5.41, 5.74) is 10.5. The molecule has 0 aliphatic rings. The van der Waals surface area contributed by atoms with E-state index in [0.717, 1.165) is 19.3 Å². The number of primary amides is 1. The van der Waals surface area contributed by atoms with Gasteiger partial charge in [-0.15, -0.1) is 0 Å². The minimum absolute atomic E-state index is 0.0192. The molecule has 2 amide bonds. The predicted molar refractivity (Wildman–Crippen MR) is 68.1 cm³/mol. The maximum atomic E-state index is 11.6. The van der Waals surface area contributed by atoms with Crippen molar-refractivity contribution in [2.24, 2.45) is 17.4 Å². The third-order valence-corrected chi connectivity index (χ3v) is 2.85. The smallest absolute Gasteiger partial charge is 0.220 e. The van der Waals surface area contributed by atoms with Crippen LogP contribution in [-0.2, 0) is 9.59 Å². The highest BCUT2D eigenvalue weighted by molar-refractivity contribution is 5.78. The number of rotatable bonds is 9. The van der Waals surface area contributed by atoms with Gasteiger partial charge in [0.05, 0.1) is 0 Å². The summed E-state index contributed by atoms with van der Waals surface area (Å²) in [6.07, 6.45) is 3.53. The Kier molecular flexibility index (Phi) is 8.40. The monoisotopic (exact) mass is 243 g/mol. The largest absolute Gasteiger partial charge is 0.370 e. The van der Waals surface area contributed by atoms with Crippen LogP contribution >= 0.6 is 0 Å². The van der Waals surface area contributed by atoms with E-state index >= 15 is 0 Å². The van der Waals surface area contributed by atoms with E-state index in [1.165, 1.54) is 0 Å². The minimum Gasteiger partial charge on any atom is -0.370 e. The van der Waals surface area contributed by atoms with Gasteiger partial charge in [-0.2, -0.15) is 0 Å². The first-order valence-corrected chi connectivity index (χ1v) is 6.27. The summed E-state index contributed by atoms with van der Waals surface area (Å²) >= 11 is 0. The van der Waals surface area contributed by atoms with Gasteiger partial charge in [0.25, 0.3) is 0 Å². The SMILES string of the molecule is CCC(CCN)CCC(=O)NC(C)CC(N)=O. The van der Waals surface area contributed by atoms with Crippen LogP contribution in [0.5, 0.6) is 0 Å². The number of carbonyl (C=O) groups excluding carboxylic acids is 2. The lowest BCUT2D eigenvalue weighted by Gasteiger charge is -2.15. The topological polar surface area (TPSA) is 98.2 Å². The zero-order chi connectivity index (χ0) is 13.3. The highest BCUT2D eigenvalue weighted by Gasteiger charge is 2.12. The zero-order valence-corrected chi connectivity index (χ0v) is 10.9. The molecule has 0 heterocycles. The third-order valence-electron chi connectivity index (χ3n) is 2.85. The normalized spacial score (nSPS) is 14.1. The Morgan fingerprint density at radius 2 is 1.94 bits per heavy atom. The molecule has 5 heteroatoms. The van der Waals surface area contributed by atoms with Gasteiger partial charge in [0.15, 0.2) is 0 Å². The van der Waals surface area contributed by atoms with Crippen LogP contribution in [0.3, 0.4) is 0 Å². The second kappa shape index (κ2) is 8.98. The number of nitrogens with one attached hydrogen (secondary N) is 1. The van der Waals surface area contributed by atoms with Gasteiger partial charge in [-0.3, -0.25) is 9.59 Å². The van der Waals surface area contributed by atoms with Crippen molar-refractivity contribution in [3.05, 3.63) is 0 Å². The van der Waals surface area contributed by atoms with Crippen molar-refractivity contribution in [2.45, 2.75) is 52.0 Å². The first-order valence-electron chi connectivity index (χ1n) is 6.27. The van der Waals surface area contributed by atoms with Crippen LogP contribution in [-0.4, -0.2) is 24.4 Å². The molecule has 0 aromatic rings. The van der Waals surface area contributed by atoms with Gasteiger partial charge < -0.3 is 16.8 Å². The Labute approximate surface area is 103 Å². The summed E-state index contributed by atoms with van der Waals surface area (Å²) in [7, 11) is 0. The first kappa shape index (κ1) is 15.9. The van der Waals surface area contributed by atoms with Crippen molar-refractivity contribution < 1.29 is 9.59 Å². The average molecular weight is 243 g/mol. The number of carbonyl (C=O) groups is 2. The van der Waals surface area contributed by atoms with E-state index < -0.39 is 5.91 Å². The quantitative estimate of drug-likeness (QED) is 0.550. The van der Waals surface area contributed by atoms with E-state index in [4.69, 9.17) is 11.5 Å². The molecule has 0 aliphatic heterocycles. The van der Waals surface area contributed by atoms with Gasteiger partial charge in [0.1, 0.15) is 0 Å². The van der Waals surface area contributed by atoms with E-state index in [9.17, 15) is 9.59 Å². The highest BCUT2D eigenvalue weighted by atomic mass is 16.2.